The minimum absolute atomic E-state index is 0.0524. The fourth-order valence-corrected chi connectivity index (χ4v) is 3.10. The van der Waals surface area contributed by atoms with E-state index in [4.69, 9.17) is 32.5 Å². The van der Waals surface area contributed by atoms with Crippen LogP contribution in [0.4, 0.5) is 18.9 Å². The van der Waals surface area contributed by atoms with Crippen molar-refractivity contribution < 1.29 is 32.0 Å². The number of carbonyl (C=O) groups is 2. The number of anilines is 1. The Morgan fingerprint density at radius 2 is 1.87 bits per heavy atom. The first-order valence-corrected chi connectivity index (χ1v) is 9.38. The highest BCUT2D eigenvalue weighted by Gasteiger charge is 2.34. The van der Waals surface area contributed by atoms with Crippen molar-refractivity contribution in [3.05, 3.63) is 69.4 Å². The molecule has 1 heterocycles. The average molecular weight is 473 g/mol. The molecular formula is C20H13Cl2F3N2O4. The van der Waals surface area contributed by atoms with E-state index < -0.39 is 35.9 Å². The summed E-state index contributed by atoms with van der Waals surface area (Å²) < 4.78 is 49.4. The van der Waals surface area contributed by atoms with Crippen molar-refractivity contribution in [2.24, 2.45) is 0 Å². The lowest BCUT2D eigenvalue weighted by molar-refractivity contribution is -0.137. The third-order valence-corrected chi connectivity index (χ3v) is 4.66. The molecule has 2 aromatic carbocycles. The van der Waals surface area contributed by atoms with Gasteiger partial charge in [0.25, 0.3) is 5.91 Å². The molecule has 0 saturated carbocycles. The van der Waals surface area contributed by atoms with Crippen LogP contribution in [0.1, 0.15) is 21.7 Å². The lowest BCUT2D eigenvalue weighted by atomic mass is 10.1. The molecule has 0 aliphatic heterocycles. The van der Waals surface area contributed by atoms with E-state index in [1.54, 1.807) is 24.3 Å². The summed E-state index contributed by atoms with van der Waals surface area (Å²) in [4.78, 5) is 24.6. The standard InChI is InChI=1S/C20H13Cl2F3N2O4/c1-10-17(18(27-31-10)12-4-2-3-5-14(12)22)19(29)30-9-16(28)26-15-7-6-11(21)8-13(15)20(23,24)25/h2-8H,9H2,1H3,(H,26,28). The van der Waals surface area contributed by atoms with Gasteiger partial charge in [-0.1, -0.05) is 46.6 Å². The summed E-state index contributed by atoms with van der Waals surface area (Å²) in [6.07, 6.45) is -4.74. The Morgan fingerprint density at radius 3 is 2.55 bits per heavy atom. The molecule has 3 aromatic rings. The third-order valence-electron chi connectivity index (χ3n) is 4.09. The van der Waals surface area contributed by atoms with Gasteiger partial charge in [-0.25, -0.2) is 4.79 Å². The van der Waals surface area contributed by atoms with Gasteiger partial charge in [0, 0.05) is 10.6 Å². The van der Waals surface area contributed by atoms with E-state index in [2.05, 4.69) is 10.5 Å². The maximum atomic E-state index is 13.1. The third kappa shape index (κ3) is 5.18. The van der Waals surface area contributed by atoms with Crippen LogP contribution in [0.3, 0.4) is 0 Å². The number of amides is 1. The molecule has 0 unspecified atom stereocenters. The molecule has 162 valence electrons. The quantitative estimate of drug-likeness (QED) is 0.476. The number of hydrogen-bond donors (Lipinski definition) is 1. The first-order valence-electron chi connectivity index (χ1n) is 8.63. The van der Waals surface area contributed by atoms with Gasteiger partial charge in [-0.15, -0.1) is 0 Å². The molecule has 1 N–H and O–H groups in total. The number of rotatable bonds is 5. The summed E-state index contributed by atoms with van der Waals surface area (Å²) in [5.41, 5.74) is -1.17. The summed E-state index contributed by atoms with van der Waals surface area (Å²) in [5, 5.41) is 6.03. The predicted molar refractivity (Wildman–Crippen MR) is 107 cm³/mol. The fraction of sp³-hybridized carbons (Fsp3) is 0.150. The Morgan fingerprint density at radius 1 is 1.16 bits per heavy atom. The largest absolute Gasteiger partial charge is 0.452 e. The second kappa shape index (κ2) is 8.99. The zero-order chi connectivity index (χ0) is 22.8. The molecule has 0 bridgehead atoms. The molecule has 1 amide bonds. The number of aromatic nitrogens is 1. The number of nitrogens with zero attached hydrogens (tertiary/aromatic N) is 1. The van der Waals surface area contributed by atoms with Crippen LogP contribution in [-0.4, -0.2) is 23.6 Å². The molecule has 0 fully saturated rings. The van der Waals surface area contributed by atoms with Crippen molar-refractivity contribution in [3.63, 3.8) is 0 Å². The molecule has 0 atom stereocenters. The molecule has 3 rings (SSSR count). The van der Waals surface area contributed by atoms with Crippen LogP contribution in [0.15, 0.2) is 47.0 Å². The Balaban J connectivity index is 1.74. The molecule has 0 spiro atoms. The predicted octanol–water partition coefficient (Wildman–Crippen LogP) is 5.77. The van der Waals surface area contributed by atoms with Gasteiger partial charge in [-0.3, -0.25) is 4.79 Å². The van der Waals surface area contributed by atoms with Gasteiger partial charge in [0.15, 0.2) is 6.61 Å². The first kappa shape index (κ1) is 22.6. The molecule has 0 radical (unpaired) electrons. The summed E-state index contributed by atoms with van der Waals surface area (Å²) >= 11 is 11.7. The van der Waals surface area contributed by atoms with Crippen LogP contribution < -0.4 is 5.32 Å². The molecule has 0 aliphatic rings. The van der Waals surface area contributed by atoms with E-state index in [1.165, 1.54) is 13.0 Å². The monoisotopic (exact) mass is 472 g/mol. The van der Waals surface area contributed by atoms with Crippen LogP contribution >= 0.6 is 23.2 Å². The maximum absolute atomic E-state index is 13.1. The van der Waals surface area contributed by atoms with Crippen LogP contribution in [-0.2, 0) is 15.7 Å². The summed E-state index contributed by atoms with van der Waals surface area (Å²) in [6.45, 7) is 0.624. The summed E-state index contributed by atoms with van der Waals surface area (Å²) in [6, 6.07) is 9.44. The SMILES string of the molecule is Cc1onc(-c2ccccc2Cl)c1C(=O)OCC(=O)Nc1ccc(Cl)cc1C(F)(F)F. The molecule has 0 saturated heterocycles. The number of hydrogen-bond acceptors (Lipinski definition) is 5. The summed E-state index contributed by atoms with van der Waals surface area (Å²) in [7, 11) is 0. The van der Waals surface area contributed by atoms with Gasteiger partial charge in [-0.2, -0.15) is 13.2 Å². The number of ether oxygens (including phenoxy) is 1. The molecule has 1 aromatic heterocycles. The second-order valence-corrected chi connectivity index (χ2v) is 7.10. The molecule has 11 heteroatoms. The van der Waals surface area contributed by atoms with Crippen molar-refractivity contribution in [2.75, 3.05) is 11.9 Å². The van der Waals surface area contributed by atoms with E-state index in [0.29, 0.717) is 16.7 Å². The molecule has 31 heavy (non-hydrogen) atoms. The van der Waals surface area contributed by atoms with E-state index in [0.717, 1.165) is 6.07 Å². The van der Waals surface area contributed by atoms with Crippen LogP contribution in [0.25, 0.3) is 11.3 Å². The van der Waals surface area contributed by atoms with Gasteiger partial charge in [0.2, 0.25) is 0 Å². The summed E-state index contributed by atoms with van der Waals surface area (Å²) in [5.74, 6) is -1.80. The van der Waals surface area contributed by atoms with Gasteiger partial charge in [-0.05, 0) is 31.2 Å². The van der Waals surface area contributed by atoms with Gasteiger partial charge >= 0.3 is 12.1 Å². The van der Waals surface area contributed by atoms with E-state index >= 15 is 0 Å². The highest BCUT2D eigenvalue weighted by Crippen LogP contribution is 2.36. The zero-order valence-electron chi connectivity index (χ0n) is 15.7. The lowest BCUT2D eigenvalue weighted by Crippen LogP contribution is -2.23. The van der Waals surface area contributed by atoms with E-state index in [1.807, 2.05) is 0 Å². The highest BCUT2D eigenvalue weighted by molar-refractivity contribution is 6.33. The number of alkyl halides is 3. The number of esters is 1. The van der Waals surface area contributed by atoms with Crippen molar-refractivity contribution >= 4 is 40.8 Å². The number of carbonyl (C=O) groups excluding carboxylic acids is 2. The normalized spacial score (nSPS) is 11.3. The number of nitrogens with one attached hydrogen (secondary N) is 1. The smallest absolute Gasteiger partial charge is 0.418 e. The second-order valence-electron chi connectivity index (χ2n) is 6.25. The Labute approximate surface area is 183 Å². The average Bonchev–Trinajstić information content (AvgIpc) is 3.08. The van der Waals surface area contributed by atoms with Gasteiger partial charge in [0.05, 0.1) is 16.3 Å². The molecule has 0 aliphatic carbocycles. The number of halogens is 5. The molecule has 6 nitrogen and oxygen atoms in total. The van der Waals surface area contributed by atoms with Crippen LogP contribution in [0, 0.1) is 6.92 Å². The Kier molecular flexibility index (Phi) is 6.56. The first-order chi connectivity index (χ1) is 14.6. The van der Waals surface area contributed by atoms with Crippen LogP contribution in [0.2, 0.25) is 10.0 Å². The van der Waals surface area contributed by atoms with Gasteiger partial charge in [0.1, 0.15) is 17.0 Å². The minimum atomic E-state index is -4.74. The Hall–Kier alpha value is -3.04. The number of aryl methyl sites for hydroxylation is 1. The van der Waals surface area contributed by atoms with Crippen molar-refractivity contribution in [1.29, 1.82) is 0 Å². The maximum Gasteiger partial charge on any atom is 0.418 e. The Bertz CT molecular complexity index is 1150. The lowest BCUT2D eigenvalue weighted by Gasteiger charge is -2.14. The van der Waals surface area contributed by atoms with Crippen molar-refractivity contribution in [3.8, 4) is 11.3 Å². The van der Waals surface area contributed by atoms with Crippen LogP contribution in [0.5, 0.6) is 0 Å². The van der Waals surface area contributed by atoms with E-state index in [9.17, 15) is 22.8 Å². The van der Waals surface area contributed by atoms with Gasteiger partial charge < -0.3 is 14.6 Å². The zero-order valence-corrected chi connectivity index (χ0v) is 17.2. The van der Waals surface area contributed by atoms with Crippen molar-refractivity contribution in [2.45, 2.75) is 13.1 Å². The molecular weight excluding hydrogens is 460 g/mol. The number of benzene rings is 2. The van der Waals surface area contributed by atoms with E-state index in [-0.39, 0.29) is 22.0 Å². The van der Waals surface area contributed by atoms with Crippen molar-refractivity contribution in [1.82, 2.24) is 5.16 Å². The highest BCUT2D eigenvalue weighted by atomic mass is 35.5. The minimum Gasteiger partial charge on any atom is -0.452 e. The topological polar surface area (TPSA) is 81.4 Å². The fourth-order valence-electron chi connectivity index (χ4n) is 2.70.